The minimum Gasteiger partial charge on any atom is -0.493 e. The maximum atomic E-state index is 13.2. The molecular formula is C18H17FO2. The van der Waals surface area contributed by atoms with Gasteiger partial charge in [-0.2, -0.15) is 0 Å². The average Bonchev–Trinajstić information content (AvgIpc) is 2.46. The molecule has 0 N–H and O–H groups in total. The summed E-state index contributed by atoms with van der Waals surface area (Å²) in [4.78, 5) is 0. The molecule has 2 aromatic rings. The summed E-state index contributed by atoms with van der Waals surface area (Å²) in [6.45, 7) is 3.98. The van der Waals surface area contributed by atoms with Crippen molar-refractivity contribution in [1.82, 2.24) is 0 Å². The molecule has 0 unspecified atom stereocenters. The number of rotatable bonds is 2. The predicted molar refractivity (Wildman–Crippen MR) is 81.2 cm³/mol. The van der Waals surface area contributed by atoms with Crippen molar-refractivity contribution in [2.75, 3.05) is 7.11 Å². The summed E-state index contributed by atoms with van der Waals surface area (Å²) in [6.07, 6.45) is 2.06. The Morgan fingerprint density at radius 2 is 1.76 bits per heavy atom. The Hall–Kier alpha value is -2.29. The van der Waals surface area contributed by atoms with Gasteiger partial charge >= 0.3 is 0 Å². The third kappa shape index (κ3) is 2.51. The summed E-state index contributed by atoms with van der Waals surface area (Å²) in [5, 5.41) is 0. The van der Waals surface area contributed by atoms with E-state index in [-0.39, 0.29) is 5.82 Å². The normalized spacial score (nSPS) is 15.7. The smallest absolute Gasteiger partial charge is 0.170 e. The molecule has 3 heteroatoms. The highest BCUT2D eigenvalue weighted by molar-refractivity contribution is 5.86. The van der Waals surface area contributed by atoms with Crippen LogP contribution in [0, 0.1) is 5.82 Å². The van der Waals surface area contributed by atoms with E-state index in [0.29, 0.717) is 5.75 Å². The van der Waals surface area contributed by atoms with Crippen molar-refractivity contribution >= 4 is 5.57 Å². The van der Waals surface area contributed by atoms with Gasteiger partial charge in [0.05, 0.1) is 7.11 Å². The molecule has 0 atom stereocenters. The number of benzene rings is 2. The SMILES string of the molecule is COc1cccc2c1OC(C)(C)C=C2c1ccc(F)cc1. The van der Waals surface area contributed by atoms with Crippen molar-refractivity contribution < 1.29 is 13.9 Å². The van der Waals surface area contributed by atoms with E-state index in [1.54, 1.807) is 19.2 Å². The summed E-state index contributed by atoms with van der Waals surface area (Å²) in [5.41, 5.74) is 2.49. The van der Waals surface area contributed by atoms with E-state index < -0.39 is 5.60 Å². The Morgan fingerprint density at radius 1 is 1.05 bits per heavy atom. The van der Waals surface area contributed by atoms with Gasteiger partial charge in [0.15, 0.2) is 11.5 Å². The van der Waals surface area contributed by atoms with Crippen LogP contribution >= 0.6 is 0 Å². The van der Waals surface area contributed by atoms with Crippen LogP contribution in [0.5, 0.6) is 11.5 Å². The second-order valence-electron chi connectivity index (χ2n) is 5.61. The fourth-order valence-corrected chi connectivity index (χ4v) is 2.58. The lowest BCUT2D eigenvalue weighted by Gasteiger charge is -2.32. The molecule has 108 valence electrons. The van der Waals surface area contributed by atoms with Gasteiger partial charge in [0.25, 0.3) is 0 Å². The Bertz CT molecular complexity index is 700. The van der Waals surface area contributed by atoms with Crippen LogP contribution in [0.25, 0.3) is 5.57 Å². The molecule has 0 saturated carbocycles. The first kappa shape index (κ1) is 13.7. The number of hydrogen-bond donors (Lipinski definition) is 0. The third-order valence-corrected chi connectivity index (χ3v) is 3.50. The molecule has 2 aromatic carbocycles. The van der Waals surface area contributed by atoms with Crippen molar-refractivity contribution in [2.45, 2.75) is 19.4 Å². The standard InChI is InChI=1S/C18H17FO2/c1-18(2)11-15(12-7-9-13(19)10-8-12)14-5-4-6-16(20-3)17(14)21-18/h4-11H,1-3H3. The van der Waals surface area contributed by atoms with Gasteiger partial charge in [-0.05, 0) is 49.3 Å². The van der Waals surface area contributed by atoms with Crippen molar-refractivity contribution in [3.05, 3.63) is 65.5 Å². The first-order valence-corrected chi connectivity index (χ1v) is 6.85. The Balaban J connectivity index is 2.20. The maximum Gasteiger partial charge on any atom is 0.170 e. The molecule has 0 bridgehead atoms. The summed E-state index contributed by atoms with van der Waals surface area (Å²) < 4.78 is 24.6. The quantitative estimate of drug-likeness (QED) is 0.812. The zero-order valence-corrected chi connectivity index (χ0v) is 12.3. The van der Waals surface area contributed by atoms with E-state index in [1.807, 2.05) is 32.0 Å². The summed E-state index contributed by atoms with van der Waals surface area (Å²) >= 11 is 0. The summed E-state index contributed by atoms with van der Waals surface area (Å²) in [5.74, 6) is 1.19. The van der Waals surface area contributed by atoms with Gasteiger partial charge in [-0.3, -0.25) is 0 Å². The third-order valence-electron chi connectivity index (χ3n) is 3.50. The van der Waals surface area contributed by atoms with Crippen LogP contribution in [0.1, 0.15) is 25.0 Å². The largest absolute Gasteiger partial charge is 0.493 e. The fraction of sp³-hybridized carbons (Fsp3) is 0.222. The number of halogens is 1. The Kier molecular flexibility index (Phi) is 3.20. The van der Waals surface area contributed by atoms with E-state index in [4.69, 9.17) is 9.47 Å². The molecule has 1 heterocycles. The second-order valence-corrected chi connectivity index (χ2v) is 5.61. The molecule has 3 rings (SSSR count). The van der Waals surface area contributed by atoms with E-state index in [1.165, 1.54) is 12.1 Å². The first-order chi connectivity index (χ1) is 10.00. The lowest BCUT2D eigenvalue weighted by Crippen LogP contribution is -2.29. The van der Waals surface area contributed by atoms with Crippen LogP contribution in [0.15, 0.2) is 48.5 Å². The van der Waals surface area contributed by atoms with E-state index in [0.717, 1.165) is 22.4 Å². The number of fused-ring (bicyclic) bond motifs is 1. The molecule has 0 fully saturated rings. The van der Waals surface area contributed by atoms with E-state index >= 15 is 0 Å². The van der Waals surface area contributed by atoms with E-state index in [9.17, 15) is 4.39 Å². The number of ether oxygens (including phenoxy) is 2. The van der Waals surface area contributed by atoms with Crippen LogP contribution in [0.3, 0.4) is 0 Å². The Labute approximate surface area is 123 Å². The van der Waals surface area contributed by atoms with Crippen molar-refractivity contribution in [2.24, 2.45) is 0 Å². The number of hydrogen-bond acceptors (Lipinski definition) is 2. The Morgan fingerprint density at radius 3 is 2.43 bits per heavy atom. The molecule has 0 aromatic heterocycles. The van der Waals surface area contributed by atoms with E-state index in [2.05, 4.69) is 6.08 Å². The molecule has 0 saturated heterocycles. The molecule has 0 amide bonds. The van der Waals surface area contributed by atoms with Crippen LogP contribution < -0.4 is 9.47 Å². The van der Waals surface area contributed by atoms with Gasteiger partial charge in [-0.1, -0.05) is 24.3 Å². The predicted octanol–water partition coefficient (Wildman–Crippen LogP) is 4.44. The molecule has 0 spiro atoms. The molecule has 0 radical (unpaired) electrons. The van der Waals surface area contributed by atoms with Gasteiger partial charge in [0.1, 0.15) is 11.4 Å². The summed E-state index contributed by atoms with van der Waals surface area (Å²) in [7, 11) is 1.63. The molecule has 1 aliphatic rings. The minimum atomic E-state index is -0.453. The second kappa shape index (κ2) is 4.92. The van der Waals surface area contributed by atoms with Crippen molar-refractivity contribution in [3.63, 3.8) is 0 Å². The van der Waals surface area contributed by atoms with Crippen LogP contribution in [-0.2, 0) is 0 Å². The lowest BCUT2D eigenvalue weighted by atomic mass is 9.90. The maximum absolute atomic E-state index is 13.2. The fourth-order valence-electron chi connectivity index (χ4n) is 2.58. The van der Waals surface area contributed by atoms with Crippen LogP contribution in [0.2, 0.25) is 0 Å². The molecule has 21 heavy (non-hydrogen) atoms. The average molecular weight is 284 g/mol. The van der Waals surface area contributed by atoms with Gasteiger partial charge in [0, 0.05) is 5.56 Å². The summed E-state index contributed by atoms with van der Waals surface area (Å²) in [6, 6.07) is 12.3. The highest BCUT2D eigenvalue weighted by Crippen LogP contribution is 2.44. The monoisotopic (exact) mass is 284 g/mol. The number of para-hydroxylation sites is 1. The molecular weight excluding hydrogens is 267 g/mol. The molecule has 1 aliphatic heterocycles. The lowest BCUT2D eigenvalue weighted by molar-refractivity contribution is 0.151. The molecule has 0 aliphatic carbocycles. The zero-order valence-electron chi connectivity index (χ0n) is 12.3. The van der Waals surface area contributed by atoms with Gasteiger partial charge in [-0.25, -0.2) is 4.39 Å². The van der Waals surface area contributed by atoms with Crippen molar-refractivity contribution in [3.8, 4) is 11.5 Å². The topological polar surface area (TPSA) is 18.5 Å². The van der Waals surface area contributed by atoms with Gasteiger partial charge in [-0.15, -0.1) is 0 Å². The zero-order chi connectivity index (χ0) is 15.0. The van der Waals surface area contributed by atoms with Crippen LogP contribution in [0.4, 0.5) is 4.39 Å². The highest BCUT2D eigenvalue weighted by Gasteiger charge is 2.29. The van der Waals surface area contributed by atoms with Crippen molar-refractivity contribution in [1.29, 1.82) is 0 Å². The van der Waals surface area contributed by atoms with Crippen LogP contribution in [-0.4, -0.2) is 12.7 Å². The molecule has 2 nitrogen and oxygen atoms in total. The highest BCUT2D eigenvalue weighted by atomic mass is 19.1. The van der Waals surface area contributed by atoms with Gasteiger partial charge < -0.3 is 9.47 Å². The first-order valence-electron chi connectivity index (χ1n) is 6.85. The minimum absolute atomic E-state index is 0.239. The van der Waals surface area contributed by atoms with Gasteiger partial charge in [0.2, 0.25) is 0 Å². The number of methoxy groups -OCH3 is 1.